The molecule has 1 aromatic carbocycles. The van der Waals surface area contributed by atoms with E-state index in [2.05, 4.69) is 11.8 Å². The average Bonchev–Trinajstić information content (AvgIpc) is 2.81. The highest BCUT2D eigenvalue weighted by atomic mass is 16.4. The van der Waals surface area contributed by atoms with Gasteiger partial charge in [-0.1, -0.05) is 12.5 Å². The fourth-order valence-electron chi connectivity index (χ4n) is 3.14. The molecule has 5 heteroatoms. The van der Waals surface area contributed by atoms with Gasteiger partial charge in [-0.05, 0) is 50.6 Å². The molecule has 2 heterocycles. The number of aromatic nitrogens is 1. The summed E-state index contributed by atoms with van der Waals surface area (Å²) in [7, 11) is 1.68. The molecule has 0 aliphatic carbocycles. The zero-order valence-corrected chi connectivity index (χ0v) is 12.6. The summed E-state index contributed by atoms with van der Waals surface area (Å²) < 4.78 is 6.67. The molecule has 2 aromatic rings. The number of hydrogen-bond acceptors (Lipinski definition) is 4. The number of rotatable bonds is 3. The van der Waals surface area contributed by atoms with Crippen LogP contribution in [-0.4, -0.2) is 33.7 Å². The van der Waals surface area contributed by atoms with E-state index in [9.17, 15) is 9.90 Å². The van der Waals surface area contributed by atoms with Crippen molar-refractivity contribution in [2.24, 2.45) is 7.05 Å². The van der Waals surface area contributed by atoms with E-state index < -0.39 is 6.10 Å². The van der Waals surface area contributed by atoms with Gasteiger partial charge in [0, 0.05) is 13.1 Å². The first-order chi connectivity index (χ1) is 10.1. The Kier molecular flexibility index (Phi) is 3.87. The third-order valence-electron chi connectivity index (χ3n) is 4.58. The van der Waals surface area contributed by atoms with Crippen LogP contribution in [0.3, 0.4) is 0 Å². The molecule has 0 saturated carbocycles. The Labute approximate surface area is 123 Å². The SMILES string of the molecule is CC(C(O)c1ccc2c(c1)oc(=O)n2C)N1CCCCC1. The molecule has 0 bridgehead atoms. The Hall–Kier alpha value is -1.59. The highest BCUT2D eigenvalue weighted by Gasteiger charge is 2.25. The quantitative estimate of drug-likeness (QED) is 0.940. The number of piperidine rings is 1. The van der Waals surface area contributed by atoms with E-state index in [1.807, 2.05) is 12.1 Å². The highest BCUT2D eigenvalue weighted by molar-refractivity contribution is 5.73. The summed E-state index contributed by atoms with van der Waals surface area (Å²) in [5.74, 6) is -0.374. The molecule has 1 saturated heterocycles. The van der Waals surface area contributed by atoms with Gasteiger partial charge in [0.25, 0.3) is 0 Å². The average molecular weight is 290 g/mol. The van der Waals surface area contributed by atoms with Gasteiger partial charge in [-0.25, -0.2) is 4.79 Å². The molecule has 1 aliphatic rings. The highest BCUT2D eigenvalue weighted by Crippen LogP contribution is 2.26. The predicted octanol–water partition coefficient (Wildman–Crippen LogP) is 2.04. The topological polar surface area (TPSA) is 58.6 Å². The Morgan fingerprint density at radius 2 is 1.95 bits per heavy atom. The Balaban J connectivity index is 1.86. The first-order valence-electron chi connectivity index (χ1n) is 7.59. The maximum atomic E-state index is 11.5. The van der Waals surface area contributed by atoms with Crippen molar-refractivity contribution in [1.29, 1.82) is 0 Å². The van der Waals surface area contributed by atoms with E-state index >= 15 is 0 Å². The molecule has 114 valence electrons. The molecule has 2 unspecified atom stereocenters. The van der Waals surface area contributed by atoms with Crippen molar-refractivity contribution in [2.75, 3.05) is 13.1 Å². The van der Waals surface area contributed by atoms with E-state index in [-0.39, 0.29) is 11.8 Å². The van der Waals surface area contributed by atoms with E-state index in [1.54, 1.807) is 13.1 Å². The van der Waals surface area contributed by atoms with Crippen molar-refractivity contribution in [3.63, 3.8) is 0 Å². The van der Waals surface area contributed by atoms with Crippen LogP contribution in [0.5, 0.6) is 0 Å². The number of nitrogens with zero attached hydrogens (tertiary/aromatic N) is 2. The summed E-state index contributed by atoms with van der Waals surface area (Å²) in [6.45, 7) is 4.14. The van der Waals surface area contributed by atoms with Crippen LogP contribution in [0.1, 0.15) is 37.9 Å². The van der Waals surface area contributed by atoms with Crippen molar-refractivity contribution in [3.05, 3.63) is 34.3 Å². The number of hydrogen-bond donors (Lipinski definition) is 1. The number of aliphatic hydroxyl groups excluding tert-OH is 1. The first kappa shape index (κ1) is 14.4. The zero-order valence-electron chi connectivity index (χ0n) is 12.6. The minimum Gasteiger partial charge on any atom is -0.408 e. The fraction of sp³-hybridized carbons (Fsp3) is 0.562. The molecule has 0 spiro atoms. The van der Waals surface area contributed by atoms with Crippen LogP contribution < -0.4 is 5.76 Å². The molecule has 2 atom stereocenters. The van der Waals surface area contributed by atoms with Crippen molar-refractivity contribution >= 4 is 11.1 Å². The van der Waals surface area contributed by atoms with Gasteiger partial charge in [0.1, 0.15) is 0 Å². The third-order valence-corrected chi connectivity index (χ3v) is 4.58. The summed E-state index contributed by atoms with van der Waals surface area (Å²) in [5.41, 5.74) is 2.08. The van der Waals surface area contributed by atoms with Gasteiger partial charge >= 0.3 is 5.76 Å². The summed E-state index contributed by atoms with van der Waals surface area (Å²) >= 11 is 0. The normalized spacial score (nSPS) is 19.8. The largest absolute Gasteiger partial charge is 0.419 e. The summed E-state index contributed by atoms with van der Waals surface area (Å²) in [6, 6.07) is 5.56. The van der Waals surface area contributed by atoms with E-state index in [0.717, 1.165) is 24.2 Å². The number of oxazole rings is 1. The van der Waals surface area contributed by atoms with Gasteiger partial charge in [0.2, 0.25) is 0 Å². The monoisotopic (exact) mass is 290 g/mol. The lowest BCUT2D eigenvalue weighted by Crippen LogP contribution is -2.40. The second kappa shape index (κ2) is 5.66. The maximum Gasteiger partial charge on any atom is 0.419 e. The number of aryl methyl sites for hydroxylation is 1. The summed E-state index contributed by atoms with van der Waals surface area (Å²) in [6.07, 6.45) is 3.10. The molecular weight excluding hydrogens is 268 g/mol. The molecular formula is C16H22N2O3. The van der Waals surface area contributed by atoms with Crippen LogP contribution in [-0.2, 0) is 7.05 Å². The van der Waals surface area contributed by atoms with Crippen LogP contribution in [0, 0.1) is 0 Å². The second-order valence-electron chi connectivity index (χ2n) is 5.94. The van der Waals surface area contributed by atoms with Crippen LogP contribution in [0.25, 0.3) is 11.1 Å². The minimum absolute atomic E-state index is 0.0678. The van der Waals surface area contributed by atoms with Crippen LogP contribution in [0.2, 0.25) is 0 Å². The van der Waals surface area contributed by atoms with Gasteiger partial charge in [0.15, 0.2) is 5.58 Å². The molecule has 1 N–H and O–H groups in total. The number of benzene rings is 1. The number of aliphatic hydroxyl groups is 1. The Bertz CT molecular complexity index is 682. The summed E-state index contributed by atoms with van der Waals surface area (Å²) in [4.78, 5) is 13.9. The smallest absolute Gasteiger partial charge is 0.408 e. The van der Waals surface area contributed by atoms with Crippen molar-refractivity contribution in [2.45, 2.75) is 38.3 Å². The van der Waals surface area contributed by atoms with Crippen LogP contribution in [0.15, 0.2) is 27.4 Å². The molecule has 0 amide bonds. The fourth-order valence-corrected chi connectivity index (χ4v) is 3.14. The van der Waals surface area contributed by atoms with E-state index in [0.29, 0.717) is 5.58 Å². The molecule has 3 rings (SSSR count). The van der Waals surface area contributed by atoms with Gasteiger partial charge in [0.05, 0.1) is 11.6 Å². The van der Waals surface area contributed by atoms with Crippen LogP contribution >= 0.6 is 0 Å². The number of likely N-dealkylation sites (tertiary alicyclic amines) is 1. The Morgan fingerprint density at radius 3 is 2.67 bits per heavy atom. The third kappa shape index (κ3) is 2.63. The van der Waals surface area contributed by atoms with Gasteiger partial charge in [-0.2, -0.15) is 0 Å². The van der Waals surface area contributed by atoms with E-state index in [4.69, 9.17) is 4.42 Å². The molecule has 1 aromatic heterocycles. The minimum atomic E-state index is -0.571. The lowest BCUT2D eigenvalue weighted by molar-refractivity contribution is 0.0471. The number of fused-ring (bicyclic) bond motifs is 1. The van der Waals surface area contributed by atoms with Crippen molar-refractivity contribution in [1.82, 2.24) is 9.47 Å². The maximum absolute atomic E-state index is 11.5. The molecule has 5 nitrogen and oxygen atoms in total. The van der Waals surface area contributed by atoms with Crippen LogP contribution in [0.4, 0.5) is 0 Å². The van der Waals surface area contributed by atoms with Crippen molar-refractivity contribution in [3.8, 4) is 0 Å². The molecule has 0 radical (unpaired) electrons. The van der Waals surface area contributed by atoms with Gasteiger partial charge in [-0.3, -0.25) is 9.47 Å². The van der Waals surface area contributed by atoms with E-state index in [1.165, 1.54) is 23.8 Å². The standard InChI is InChI=1S/C16H22N2O3/c1-11(18-8-4-3-5-9-18)15(19)12-6-7-13-14(10-12)21-16(20)17(13)2/h6-7,10-11,15,19H,3-5,8-9H2,1-2H3. The second-order valence-corrected chi connectivity index (χ2v) is 5.94. The molecule has 21 heavy (non-hydrogen) atoms. The predicted molar refractivity (Wildman–Crippen MR) is 81.3 cm³/mol. The first-order valence-corrected chi connectivity index (χ1v) is 7.59. The van der Waals surface area contributed by atoms with Gasteiger partial charge in [-0.15, -0.1) is 0 Å². The molecule has 1 fully saturated rings. The van der Waals surface area contributed by atoms with Gasteiger partial charge < -0.3 is 9.52 Å². The zero-order chi connectivity index (χ0) is 15.0. The summed E-state index contributed by atoms with van der Waals surface area (Å²) in [5, 5.41) is 10.6. The lowest BCUT2D eigenvalue weighted by Gasteiger charge is -2.35. The molecule has 1 aliphatic heterocycles. The van der Waals surface area contributed by atoms with Crippen molar-refractivity contribution < 1.29 is 9.52 Å². The Morgan fingerprint density at radius 1 is 1.24 bits per heavy atom. The lowest BCUT2D eigenvalue weighted by atomic mass is 9.99.